The molecular formula is C25H27F2N3O3. The number of urea groups is 1. The van der Waals surface area contributed by atoms with Crippen molar-refractivity contribution in [1.82, 2.24) is 14.7 Å². The minimum Gasteiger partial charge on any atom is -0.497 e. The van der Waals surface area contributed by atoms with E-state index in [1.165, 1.54) is 0 Å². The topological polar surface area (TPSA) is 53.1 Å². The summed E-state index contributed by atoms with van der Waals surface area (Å²) in [5, 5.41) is 0. The Morgan fingerprint density at radius 3 is 2.70 bits per heavy atom. The average Bonchev–Trinajstić information content (AvgIpc) is 3.39. The van der Waals surface area contributed by atoms with Gasteiger partial charge >= 0.3 is 6.03 Å². The van der Waals surface area contributed by atoms with Gasteiger partial charge in [0, 0.05) is 45.2 Å². The molecule has 1 saturated heterocycles. The fraction of sp³-hybridized carbons (Fsp3) is 0.360. The van der Waals surface area contributed by atoms with Crippen molar-refractivity contribution >= 4 is 17.5 Å². The third-order valence-corrected chi connectivity index (χ3v) is 6.43. The van der Waals surface area contributed by atoms with E-state index in [9.17, 15) is 18.4 Å². The molecule has 0 radical (unpaired) electrons. The predicted octanol–water partition coefficient (Wildman–Crippen LogP) is 4.09. The third kappa shape index (κ3) is 4.55. The highest BCUT2D eigenvalue weighted by Gasteiger charge is 2.36. The van der Waals surface area contributed by atoms with Crippen molar-refractivity contribution in [3.05, 3.63) is 71.3 Å². The van der Waals surface area contributed by atoms with Crippen LogP contribution in [-0.4, -0.2) is 67.0 Å². The average molecular weight is 456 g/mol. The minimum absolute atomic E-state index is 0.0441. The van der Waals surface area contributed by atoms with Crippen LogP contribution < -0.4 is 4.74 Å². The van der Waals surface area contributed by atoms with Crippen LogP contribution in [0.4, 0.5) is 13.6 Å². The second-order valence-electron chi connectivity index (χ2n) is 8.53. The standard InChI is InChI=1S/C25H27F2N3O3/c1-28(15-19-8-10-24(31)29(19)2)25(32)30-14-17(21-13-18(26)7-9-22(21)27)12-23(30)16-5-4-6-20(11-16)33-3/h4-7,9,11-13,19,23H,8,10,14-15H2,1-3H3. The molecule has 0 aliphatic carbocycles. The molecule has 174 valence electrons. The molecule has 2 aromatic carbocycles. The van der Waals surface area contributed by atoms with Gasteiger partial charge in [-0.15, -0.1) is 0 Å². The smallest absolute Gasteiger partial charge is 0.320 e. The third-order valence-electron chi connectivity index (χ3n) is 6.43. The van der Waals surface area contributed by atoms with Crippen LogP contribution in [0.1, 0.15) is 30.0 Å². The van der Waals surface area contributed by atoms with Gasteiger partial charge in [-0.05, 0) is 47.9 Å². The molecule has 2 aliphatic heterocycles. The van der Waals surface area contributed by atoms with Gasteiger partial charge in [0.15, 0.2) is 0 Å². The molecular weight excluding hydrogens is 428 g/mol. The maximum absolute atomic E-state index is 14.5. The lowest BCUT2D eigenvalue weighted by Gasteiger charge is -2.32. The van der Waals surface area contributed by atoms with E-state index in [1.807, 2.05) is 18.2 Å². The predicted molar refractivity (Wildman–Crippen MR) is 121 cm³/mol. The lowest BCUT2D eigenvalue weighted by atomic mass is 10.0. The van der Waals surface area contributed by atoms with Crippen molar-refractivity contribution in [1.29, 1.82) is 0 Å². The van der Waals surface area contributed by atoms with Gasteiger partial charge in [-0.3, -0.25) is 4.79 Å². The van der Waals surface area contributed by atoms with Crippen LogP contribution in [0.15, 0.2) is 48.5 Å². The Bertz CT molecular complexity index is 1100. The van der Waals surface area contributed by atoms with Crippen LogP contribution in [0.5, 0.6) is 5.75 Å². The Hall–Kier alpha value is -3.42. The van der Waals surface area contributed by atoms with Crippen LogP contribution in [-0.2, 0) is 4.79 Å². The molecule has 0 spiro atoms. The molecule has 8 heteroatoms. The molecule has 0 bridgehead atoms. The van der Waals surface area contributed by atoms with E-state index < -0.39 is 17.7 Å². The second-order valence-corrected chi connectivity index (χ2v) is 8.53. The fourth-order valence-corrected chi connectivity index (χ4v) is 4.51. The molecule has 0 aromatic heterocycles. The number of halogens is 2. The molecule has 4 rings (SSSR count). The summed E-state index contributed by atoms with van der Waals surface area (Å²) < 4.78 is 33.7. The molecule has 0 saturated carbocycles. The molecule has 2 atom stereocenters. The Morgan fingerprint density at radius 2 is 2.00 bits per heavy atom. The maximum Gasteiger partial charge on any atom is 0.320 e. The number of likely N-dealkylation sites (N-methyl/N-ethyl adjacent to an activating group) is 2. The SMILES string of the molecule is COc1cccc(C2C=C(c3cc(F)ccc3F)CN2C(=O)N(C)CC2CCC(=O)N2C)c1. The Labute approximate surface area is 192 Å². The number of carbonyl (C=O) groups is 2. The largest absolute Gasteiger partial charge is 0.497 e. The van der Waals surface area contributed by atoms with Crippen molar-refractivity contribution in [2.24, 2.45) is 0 Å². The minimum atomic E-state index is -0.541. The summed E-state index contributed by atoms with van der Waals surface area (Å²) in [7, 11) is 5.01. The Kier molecular flexibility index (Phi) is 6.35. The quantitative estimate of drug-likeness (QED) is 0.683. The van der Waals surface area contributed by atoms with E-state index >= 15 is 0 Å². The van der Waals surface area contributed by atoms with E-state index in [2.05, 4.69) is 0 Å². The van der Waals surface area contributed by atoms with Crippen LogP contribution >= 0.6 is 0 Å². The van der Waals surface area contributed by atoms with Crippen molar-refractivity contribution < 1.29 is 23.1 Å². The number of amides is 3. The van der Waals surface area contributed by atoms with Gasteiger partial charge in [-0.25, -0.2) is 13.6 Å². The van der Waals surface area contributed by atoms with Gasteiger partial charge in [0.25, 0.3) is 0 Å². The Balaban J connectivity index is 1.64. The Morgan fingerprint density at radius 1 is 1.21 bits per heavy atom. The summed E-state index contributed by atoms with van der Waals surface area (Å²) in [6.45, 7) is 0.525. The summed E-state index contributed by atoms with van der Waals surface area (Å²) in [6.07, 6.45) is 2.97. The number of carbonyl (C=O) groups excluding carboxylic acids is 2. The molecule has 2 aliphatic rings. The first kappa shape index (κ1) is 22.8. The molecule has 2 aromatic rings. The van der Waals surface area contributed by atoms with E-state index in [4.69, 9.17) is 4.74 Å². The van der Waals surface area contributed by atoms with Crippen LogP contribution in [0.2, 0.25) is 0 Å². The number of likely N-dealkylation sites (tertiary alicyclic amines) is 1. The molecule has 33 heavy (non-hydrogen) atoms. The van der Waals surface area contributed by atoms with Crippen molar-refractivity contribution in [3.63, 3.8) is 0 Å². The van der Waals surface area contributed by atoms with E-state index in [-0.39, 0.29) is 30.1 Å². The molecule has 6 nitrogen and oxygen atoms in total. The van der Waals surface area contributed by atoms with Crippen LogP contribution in [0.3, 0.4) is 0 Å². The summed E-state index contributed by atoms with van der Waals surface area (Å²) >= 11 is 0. The number of ether oxygens (including phenoxy) is 1. The maximum atomic E-state index is 14.5. The first-order valence-corrected chi connectivity index (χ1v) is 10.9. The molecule has 0 N–H and O–H groups in total. The summed E-state index contributed by atoms with van der Waals surface area (Å²) in [5.41, 5.74) is 1.48. The van der Waals surface area contributed by atoms with Crippen LogP contribution in [0, 0.1) is 11.6 Å². The zero-order chi connectivity index (χ0) is 23.7. The van der Waals surface area contributed by atoms with Gasteiger partial charge in [-0.1, -0.05) is 18.2 Å². The fourth-order valence-electron chi connectivity index (χ4n) is 4.51. The summed E-state index contributed by atoms with van der Waals surface area (Å²) in [6, 6.07) is 9.88. The number of hydrogen-bond donors (Lipinski definition) is 0. The van der Waals surface area contributed by atoms with Crippen molar-refractivity contribution in [2.45, 2.75) is 24.9 Å². The normalized spacial score (nSPS) is 20.3. The highest BCUT2D eigenvalue weighted by molar-refractivity contribution is 5.82. The molecule has 1 fully saturated rings. The number of methoxy groups -OCH3 is 1. The number of rotatable bonds is 5. The lowest BCUT2D eigenvalue weighted by Crippen LogP contribution is -2.46. The zero-order valence-electron chi connectivity index (χ0n) is 18.9. The monoisotopic (exact) mass is 455 g/mol. The number of nitrogens with zero attached hydrogens (tertiary/aromatic N) is 3. The van der Waals surface area contributed by atoms with Gasteiger partial charge in [0.1, 0.15) is 17.4 Å². The lowest BCUT2D eigenvalue weighted by molar-refractivity contribution is -0.127. The van der Waals surface area contributed by atoms with Crippen molar-refractivity contribution in [2.75, 3.05) is 34.3 Å². The van der Waals surface area contributed by atoms with Gasteiger partial charge in [-0.2, -0.15) is 0 Å². The summed E-state index contributed by atoms with van der Waals surface area (Å²) in [5.74, 6) is -0.373. The highest BCUT2D eigenvalue weighted by atomic mass is 19.1. The number of hydrogen-bond acceptors (Lipinski definition) is 3. The highest BCUT2D eigenvalue weighted by Crippen LogP contribution is 2.37. The summed E-state index contributed by atoms with van der Waals surface area (Å²) in [4.78, 5) is 30.3. The van der Waals surface area contributed by atoms with E-state index in [0.29, 0.717) is 30.7 Å². The number of benzene rings is 2. The molecule has 2 heterocycles. The first-order chi connectivity index (χ1) is 15.8. The van der Waals surface area contributed by atoms with Gasteiger partial charge in [0.2, 0.25) is 5.91 Å². The van der Waals surface area contributed by atoms with Crippen molar-refractivity contribution in [3.8, 4) is 5.75 Å². The van der Waals surface area contributed by atoms with Crippen LogP contribution in [0.25, 0.3) is 5.57 Å². The molecule has 2 unspecified atom stereocenters. The first-order valence-electron chi connectivity index (χ1n) is 10.9. The van der Waals surface area contributed by atoms with Gasteiger partial charge in [0.05, 0.1) is 13.2 Å². The second kappa shape index (κ2) is 9.21. The van der Waals surface area contributed by atoms with Gasteiger partial charge < -0.3 is 19.4 Å². The molecule has 3 amide bonds. The van der Waals surface area contributed by atoms with E-state index in [1.54, 1.807) is 48.0 Å². The zero-order valence-corrected chi connectivity index (χ0v) is 18.9. The van der Waals surface area contributed by atoms with E-state index in [0.717, 1.165) is 23.8 Å².